The van der Waals surface area contributed by atoms with Crippen molar-refractivity contribution in [1.82, 2.24) is 9.55 Å². The van der Waals surface area contributed by atoms with Crippen LogP contribution in [0.15, 0.2) is 36.8 Å². The highest BCUT2D eigenvalue weighted by atomic mass is 35.5. The van der Waals surface area contributed by atoms with Gasteiger partial charge in [0.1, 0.15) is 5.69 Å². The molecule has 0 amide bonds. The van der Waals surface area contributed by atoms with Crippen LogP contribution in [0.25, 0.3) is 0 Å². The number of Topliss-reactive ketones (excluding diaryl/α,β-unsaturated/α-hetero) is 1. The minimum atomic E-state index is 0.0214. The van der Waals surface area contributed by atoms with Crippen LogP contribution in [0.3, 0.4) is 0 Å². The van der Waals surface area contributed by atoms with Crippen LogP contribution in [0.5, 0.6) is 0 Å². The first-order chi connectivity index (χ1) is 7.68. The van der Waals surface area contributed by atoms with Gasteiger partial charge in [0.25, 0.3) is 0 Å². The van der Waals surface area contributed by atoms with Crippen molar-refractivity contribution in [3.63, 3.8) is 0 Å². The van der Waals surface area contributed by atoms with E-state index >= 15 is 0 Å². The van der Waals surface area contributed by atoms with Crippen molar-refractivity contribution in [2.45, 2.75) is 6.42 Å². The van der Waals surface area contributed by atoms with Crippen LogP contribution >= 0.6 is 11.6 Å². The summed E-state index contributed by atoms with van der Waals surface area (Å²) in [6, 6.07) is 7.36. The molecule has 3 nitrogen and oxygen atoms in total. The molecule has 1 heterocycles. The molecule has 1 aromatic carbocycles. The van der Waals surface area contributed by atoms with Gasteiger partial charge in [0.15, 0.2) is 5.78 Å². The summed E-state index contributed by atoms with van der Waals surface area (Å²) in [4.78, 5) is 15.8. The number of carbonyl (C=O) groups is 1. The second-order valence-electron chi connectivity index (χ2n) is 3.58. The summed E-state index contributed by atoms with van der Waals surface area (Å²) in [6.07, 6.45) is 3.48. The molecule has 2 rings (SSSR count). The second kappa shape index (κ2) is 4.49. The molecule has 0 saturated carbocycles. The summed E-state index contributed by atoms with van der Waals surface area (Å²) in [7, 11) is 1.80. The predicted octanol–water partition coefficient (Wildman–Crippen LogP) is 2.50. The number of ketones is 1. The van der Waals surface area contributed by atoms with Crippen molar-refractivity contribution < 1.29 is 4.79 Å². The van der Waals surface area contributed by atoms with E-state index in [-0.39, 0.29) is 5.78 Å². The van der Waals surface area contributed by atoms with Crippen molar-refractivity contribution in [2.24, 2.45) is 7.05 Å². The van der Waals surface area contributed by atoms with E-state index in [1.54, 1.807) is 30.2 Å². The van der Waals surface area contributed by atoms with Gasteiger partial charge in [0.05, 0.1) is 12.5 Å². The third kappa shape index (κ3) is 2.14. The van der Waals surface area contributed by atoms with Gasteiger partial charge in [0, 0.05) is 18.5 Å². The molecule has 0 saturated heterocycles. The van der Waals surface area contributed by atoms with Gasteiger partial charge in [-0.05, 0) is 11.6 Å². The Kier molecular flexibility index (Phi) is 3.06. The van der Waals surface area contributed by atoms with Gasteiger partial charge in [-0.3, -0.25) is 4.79 Å². The molecule has 4 heteroatoms. The van der Waals surface area contributed by atoms with Crippen LogP contribution in [-0.2, 0) is 13.5 Å². The van der Waals surface area contributed by atoms with Crippen LogP contribution in [0.1, 0.15) is 16.1 Å². The van der Waals surface area contributed by atoms with Crippen molar-refractivity contribution in [1.29, 1.82) is 0 Å². The number of aromatic nitrogens is 2. The van der Waals surface area contributed by atoms with Crippen LogP contribution in [0, 0.1) is 0 Å². The quantitative estimate of drug-likeness (QED) is 0.765. The number of hydrogen-bond acceptors (Lipinski definition) is 2. The molecule has 1 aromatic heterocycles. The maximum Gasteiger partial charge on any atom is 0.185 e. The standard InChI is InChI=1S/C12H11ClN2O/c1-15-8-14-7-11(15)12(16)6-9-4-2-3-5-10(9)13/h2-5,7-8H,6H2,1H3. The highest BCUT2D eigenvalue weighted by molar-refractivity contribution is 6.31. The van der Waals surface area contributed by atoms with Crippen LogP contribution in [-0.4, -0.2) is 15.3 Å². The molecule has 0 aliphatic heterocycles. The van der Waals surface area contributed by atoms with E-state index in [0.29, 0.717) is 17.1 Å². The molecule has 2 aromatic rings. The molecule has 82 valence electrons. The third-order valence-electron chi connectivity index (χ3n) is 2.41. The van der Waals surface area contributed by atoms with Crippen molar-refractivity contribution >= 4 is 17.4 Å². The Morgan fingerprint density at radius 3 is 2.81 bits per heavy atom. The van der Waals surface area contributed by atoms with Crippen LogP contribution in [0.2, 0.25) is 5.02 Å². The summed E-state index contributed by atoms with van der Waals surface area (Å²) in [5, 5.41) is 0.623. The Labute approximate surface area is 98.7 Å². The Morgan fingerprint density at radius 1 is 1.44 bits per heavy atom. The Bertz CT molecular complexity index is 519. The lowest BCUT2D eigenvalue weighted by Crippen LogP contribution is -2.08. The first-order valence-electron chi connectivity index (χ1n) is 4.91. The number of imidazole rings is 1. The molecule has 0 aliphatic rings. The fourth-order valence-corrected chi connectivity index (χ4v) is 1.73. The number of halogens is 1. The van der Waals surface area contributed by atoms with Gasteiger partial charge < -0.3 is 4.57 Å². The van der Waals surface area contributed by atoms with E-state index < -0.39 is 0 Å². The smallest absolute Gasteiger partial charge is 0.185 e. The SMILES string of the molecule is Cn1cncc1C(=O)Cc1ccccc1Cl. The lowest BCUT2D eigenvalue weighted by molar-refractivity contribution is 0.0985. The van der Waals surface area contributed by atoms with Crippen molar-refractivity contribution in [3.8, 4) is 0 Å². The van der Waals surface area contributed by atoms with E-state index in [0.717, 1.165) is 5.56 Å². The average Bonchev–Trinajstić information content (AvgIpc) is 2.68. The van der Waals surface area contributed by atoms with Gasteiger partial charge in [-0.2, -0.15) is 0 Å². The number of benzene rings is 1. The molecule has 0 atom stereocenters. The lowest BCUT2D eigenvalue weighted by Gasteiger charge is -2.03. The molecule has 0 unspecified atom stereocenters. The van der Waals surface area contributed by atoms with Crippen molar-refractivity contribution in [3.05, 3.63) is 53.1 Å². The third-order valence-corrected chi connectivity index (χ3v) is 2.78. The second-order valence-corrected chi connectivity index (χ2v) is 3.99. The summed E-state index contributed by atoms with van der Waals surface area (Å²) in [6.45, 7) is 0. The Balaban J connectivity index is 2.21. The molecule has 16 heavy (non-hydrogen) atoms. The van der Waals surface area contributed by atoms with E-state index in [9.17, 15) is 4.79 Å². The monoisotopic (exact) mass is 234 g/mol. The maximum absolute atomic E-state index is 11.9. The van der Waals surface area contributed by atoms with E-state index in [2.05, 4.69) is 4.98 Å². The van der Waals surface area contributed by atoms with Crippen LogP contribution in [0.4, 0.5) is 0 Å². The molecule has 0 aliphatic carbocycles. The Morgan fingerprint density at radius 2 is 2.19 bits per heavy atom. The van der Waals surface area contributed by atoms with E-state index in [1.165, 1.54) is 0 Å². The molecule has 0 N–H and O–H groups in total. The number of rotatable bonds is 3. The molecular weight excluding hydrogens is 224 g/mol. The summed E-state index contributed by atoms with van der Waals surface area (Å²) >= 11 is 5.99. The van der Waals surface area contributed by atoms with Gasteiger partial charge in [-0.25, -0.2) is 4.98 Å². The summed E-state index contributed by atoms with van der Waals surface area (Å²) < 4.78 is 1.71. The minimum absolute atomic E-state index is 0.0214. The predicted molar refractivity (Wildman–Crippen MR) is 62.7 cm³/mol. The summed E-state index contributed by atoms with van der Waals surface area (Å²) in [5.74, 6) is 0.0214. The highest BCUT2D eigenvalue weighted by Crippen LogP contribution is 2.17. The minimum Gasteiger partial charge on any atom is -0.331 e. The zero-order chi connectivity index (χ0) is 11.5. The highest BCUT2D eigenvalue weighted by Gasteiger charge is 2.12. The number of aryl methyl sites for hydroxylation is 1. The largest absolute Gasteiger partial charge is 0.331 e. The summed E-state index contributed by atoms with van der Waals surface area (Å²) in [5.41, 5.74) is 1.44. The number of nitrogens with zero attached hydrogens (tertiary/aromatic N) is 2. The van der Waals surface area contributed by atoms with Crippen LogP contribution < -0.4 is 0 Å². The average molecular weight is 235 g/mol. The van der Waals surface area contributed by atoms with Crippen molar-refractivity contribution in [2.75, 3.05) is 0 Å². The topological polar surface area (TPSA) is 34.9 Å². The molecular formula is C12H11ClN2O. The van der Waals surface area contributed by atoms with E-state index in [1.807, 2.05) is 18.2 Å². The number of carbonyl (C=O) groups excluding carboxylic acids is 1. The molecule has 0 bridgehead atoms. The maximum atomic E-state index is 11.9. The first-order valence-corrected chi connectivity index (χ1v) is 5.29. The normalized spacial score (nSPS) is 10.4. The first kappa shape index (κ1) is 10.9. The van der Waals surface area contributed by atoms with Gasteiger partial charge in [-0.15, -0.1) is 0 Å². The molecule has 0 spiro atoms. The van der Waals surface area contributed by atoms with Gasteiger partial charge in [0.2, 0.25) is 0 Å². The zero-order valence-electron chi connectivity index (χ0n) is 8.85. The lowest BCUT2D eigenvalue weighted by atomic mass is 10.1. The van der Waals surface area contributed by atoms with E-state index in [4.69, 9.17) is 11.6 Å². The fraction of sp³-hybridized carbons (Fsp3) is 0.167. The Hall–Kier alpha value is -1.61. The number of hydrogen-bond donors (Lipinski definition) is 0. The van der Waals surface area contributed by atoms with Gasteiger partial charge >= 0.3 is 0 Å². The zero-order valence-corrected chi connectivity index (χ0v) is 9.61. The molecule has 0 radical (unpaired) electrons. The fourth-order valence-electron chi connectivity index (χ4n) is 1.53. The van der Waals surface area contributed by atoms with Gasteiger partial charge in [-0.1, -0.05) is 29.8 Å². The molecule has 0 fully saturated rings.